The number of rotatable bonds is 5. The molecule has 0 aliphatic rings. The smallest absolute Gasteiger partial charge is 0.387 e. The van der Waals surface area contributed by atoms with Crippen molar-refractivity contribution >= 4 is 5.97 Å². The van der Waals surface area contributed by atoms with Gasteiger partial charge in [-0.15, -0.1) is 0 Å². The second kappa shape index (κ2) is 6.34. The molecule has 0 spiro atoms. The molecule has 0 saturated carbocycles. The zero-order valence-corrected chi connectivity index (χ0v) is 11.4. The topological polar surface area (TPSA) is 61.6 Å². The summed E-state index contributed by atoms with van der Waals surface area (Å²) in [6.45, 7) is 0.623. The van der Waals surface area contributed by atoms with Crippen molar-refractivity contribution in [2.75, 3.05) is 6.61 Å². The summed E-state index contributed by atoms with van der Waals surface area (Å²) in [7, 11) is 0. The molecule has 0 aliphatic heterocycles. The minimum absolute atomic E-state index is 0.0200. The van der Waals surface area contributed by atoms with Gasteiger partial charge in [-0.1, -0.05) is 5.16 Å². The number of esters is 1. The van der Waals surface area contributed by atoms with E-state index >= 15 is 0 Å². The maximum atomic E-state index is 12.1. The van der Waals surface area contributed by atoms with Crippen molar-refractivity contribution in [3.05, 3.63) is 35.6 Å². The van der Waals surface area contributed by atoms with Crippen molar-refractivity contribution < 1.29 is 27.6 Å². The van der Waals surface area contributed by atoms with Crippen molar-refractivity contribution in [1.29, 1.82) is 0 Å². The molecule has 0 saturated heterocycles. The van der Waals surface area contributed by atoms with E-state index in [1.54, 1.807) is 13.8 Å². The summed E-state index contributed by atoms with van der Waals surface area (Å²) in [6, 6.07) is 5.75. The van der Waals surface area contributed by atoms with Gasteiger partial charge in [-0.25, -0.2) is 4.79 Å². The Hall–Kier alpha value is -2.44. The van der Waals surface area contributed by atoms with Crippen molar-refractivity contribution in [2.45, 2.75) is 20.5 Å². The highest BCUT2D eigenvalue weighted by atomic mass is 19.3. The summed E-state index contributed by atoms with van der Waals surface area (Å²) < 4.78 is 38.4. The Kier molecular flexibility index (Phi) is 4.52. The molecular formula is C14H13F2NO4. The fourth-order valence-corrected chi connectivity index (χ4v) is 1.81. The molecule has 0 N–H and O–H groups in total. The first-order valence-electron chi connectivity index (χ1n) is 6.21. The summed E-state index contributed by atoms with van der Waals surface area (Å²) >= 11 is 0. The van der Waals surface area contributed by atoms with Gasteiger partial charge in [0.25, 0.3) is 0 Å². The van der Waals surface area contributed by atoms with E-state index in [9.17, 15) is 13.6 Å². The molecule has 112 valence electrons. The summed E-state index contributed by atoms with van der Waals surface area (Å²) in [5.41, 5.74) is 1.06. The van der Waals surface area contributed by atoms with Crippen LogP contribution in [0.25, 0.3) is 11.3 Å². The molecule has 2 rings (SSSR count). The molecule has 0 aliphatic carbocycles. The predicted octanol–water partition coefficient (Wildman–Crippen LogP) is 3.43. The highest BCUT2D eigenvalue weighted by Gasteiger charge is 2.22. The minimum Gasteiger partial charge on any atom is -0.462 e. The Labute approximate surface area is 119 Å². The third-order valence-electron chi connectivity index (χ3n) is 2.70. The van der Waals surface area contributed by atoms with Crippen LogP contribution in [0.2, 0.25) is 0 Å². The number of nitrogens with zero attached hydrogens (tertiary/aromatic N) is 1. The Morgan fingerprint density at radius 2 is 2.00 bits per heavy atom. The zero-order chi connectivity index (χ0) is 15.4. The van der Waals surface area contributed by atoms with E-state index in [0.29, 0.717) is 17.0 Å². The van der Waals surface area contributed by atoms with Gasteiger partial charge in [0.15, 0.2) is 0 Å². The number of alkyl halides is 2. The molecule has 0 bridgehead atoms. The molecule has 0 amide bonds. The van der Waals surface area contributed by atoms with Crippen molar-refractivity contribution in [3.8, 4) is 17.0 Å². The SMILES string of the molecule is CCOC(=O)c1c(-c2ccc(OC(F)F)cc2)noc1C. The van der Waals surface area contributed by atoms with E-state index in [4.69, 9.17) is 9.26 Å². The lowest BCUT2D eigenvalue weighted by Gasteiger charge is -2.05. The highest BCUT2D eigenvalue weighted by Crippen LogP contribution is 2.28. The number of aromatic nitrogens is 1. The highest BCUT2D eigenvalue weighted by molar-refractivity contribution is 5.97. The van der Waals surface area contributed by atoms with E-state index in [1.807, 2.05) is 0 Å². The maximum absolute atomic E-state index is 12.1. The minimum atomic E-state index is -2.89. The molecule has 7 heteroatoms. The van der Waals surface area contributed by atoms with E-state index in [2.05, 4.69) is 9.89 Å². The number of carbonyl (C=O) groups is 1. The molecule has 1 aromatic heterocycles. The van der Waals surface area contributed by atoms with Gasteiger partial charge in [-0.3, -0.25) is 0 Å². The fraction of sp³-hybridized carbons (Fsp3) is 0.286. The van der Waals surface area contributed by atoms with Crippen LogP contribution in [-0.4, -0.2) is 24.3 Å². The number of halogens is 2. The van der Waals surface area contributed by atoms with Crippen molar-refractivity contribution in [2.24, 2.45) is 0 Å². The van der Waals surface area contributed by atoms with Crippen molar-refractivity contribution in [3.63, 3.8) is 0 Å². The van der Waals surface area contributed by atoms with Gasteiger partial charge in [-0.2, -0.15) is 8.78 Å². The Morgan fingerprint density at radius 1 is 1.33 bits per heavy atom. The van der Waals surface area contributed by atoms with E-state index in [-0.39, 0.29) is 17.9 Å². The maximum Gasteiger partial charge on any atom is 0.387 e. The number of hydrogen-bond donors (Lipinski definition) is 0. The number of ether oxygens (including phenoxy) is 2. The van der Waals surface area contributed by atoms with Crippen LogP contribution in [0.4, 0.5) is 8.78 Å². The Balaban J connectivity index is 2.32. The molecule has 1 aromatic carbocycles. The van der Waals surface area contributed by atoms with Crippen LogP contribution in [0, 0.1) is 6.92 Å². The van der Waals surface area contributed by atoms with Crippen LogP contribution in [0.5, 0.6) is 5.75 Å². The van der Waals surface area contributed by atoms with Gasteiger partial charge >= 0.3 is 12.6 Å². The van der Waals surface area contributed by atoms with Gasteiger partial charge in [0.1, 0.15) is 22.8 Å². The first-order valence-corrected chi connectivity index (χ1v) is 6.21. The fourth-order valence-electron chi connectivity index (χ4n) is 1.81. The molecule has 0 radical (unpaired) electrons. The second-order valence-corrected chi connectivity index (χ2v) is 4.09. The van der Waals surface area contributed by atoms with E-state index < -0.39 is 12.6 Å². The summed E-state index contributed by atoms with van der Waals surface area (Å²) in [6.07, 6.45) is 0. The van der Waals surface area contributed by atoms with Gasteiger partial charge < -0.3 is 14.0 Å². The zero-order valence-electron chi connectivity index (χ0n) is 11.4. The lowest BCUT2D eigenvalue weighted by molar-refractivity contribution is -0.0498. The molecular weight excluding hydrogens is 284 g/mol. The average Bonchev–Trinajstić information content (AvgIpc) is 2.81. The number of aryl methyl sites for hydroxylation is 1. The summed E-state index contributed by atoms with van der Waals surface area (Å²) in [5.74, 6) is -0.192. The number of hydrogen-bond acceptors (Lipinski definition) is 5. The molecule has 5 nitrogen and oxygen atoms in total. The third kappa shape index (κ3) is 3.36. The van der Waals surface area contributed by atoms with Crippen LogP contribution < -0.4 is 4.74 Å². The van der Waals surface area contributed by atoms with E-state index in [0.717, 1.165) is 0 Å². The van der Waals surface area contributed by atoms with Crippen LogP contribution in [0.15, 0.2) is 28.8 Å². The first-order chi connectivity index (χ1) is 10.0. The molecule has 1 heterocycles. The first kappa shape index (κ1) is 15.0. The molecule has 2 aromatic rings. The Morgan fingerprint density at radius 3 is 2.57 bits per heavy atom. The normalized spacial score (nSPS) is 10.7. The molecule has 0 unspecified atom stereocenters. The largest absolute Gasteiger partial charge is 0.462 e. The molecule has 21 heavy (non-hydrogen) atoms. The van der Waals surface area contributed by atoms with Crippen LogP contribution in [0.1, 0.15) is 23.0 Å². The predicted molar refractivity (Wildman–Crippen MR) is 69.3 cm³/mol. The van der Waals surface area contributed by atoms with Gasteiger partial charge in [0, 0.05) is 5.56 Å². The van der Waals surface area contributed by atoms with Gasteiger partial charge in [0.05, 0.1) is 6.61 Å². The lowest BCUT2D eigenvalue weighted by Crippen LogP contribution is -2.06. The lowest BCUT2D eigenvalue weighted by atomic mass is 10.1. The van der Waals surface area contributed by atoms with Crippen LogP contribution >= 0.6 is 0 Å². The average molecular weight is 297 g/mol. The monoisotopic (exact) mass is 297 g/mol. The number of benzene rings is 1. The number of carbonyl (C=O) groups excluding carboxylic acids is 1. The molecule has 0 atom stereocenters. The van der Waals surface area contributed by atoms with Crippen molar-refractivity contribution in [1.82, 2.24) is 5.16 Å². The summed E-state index contributed by atoms with van der Waals surface area (Å²) in [5, 5.41) is 3.82. The standard InChI is InChI=1S/C14H13F2NO4/c1-3-19-13(18)11-8(2)21-17-12(11)9-4-6-10(7-5-9)20-14(15)16/h4-7,14H,3H2,1-2H3. The Bertz CT molecular complexity index is 622. The quantitative estimate of drug-likeness (QED) is 0.791. The molecule has 0 fully saturated rings. The van der Waals surface area contributed by atoms with Crippen LogP contribution in [-0.2, 0) is 4.74 Å². The van der Waals surface area contributed by atoms with Gasteiger partial charge in [-0.05, 0) is 38.1 Å². The van der Waals surface area contributed by atoms with Crippen LogP contribution in [0.3, 0.4) is 0 Å². The third-order valence-corrected chi connectivity index (χ3v) is 2.70. The summed E-state index contributed by atoms with van der Waals surface area (Å²) in [4.78, 5) is 11.9. The second-order valence-electron chi connectivity index (χ2n) is 4.09. The van der Waals surface area contributed by atoms with E-state index in [1.165, 1.54) is 24.3 Å². The van der Waals surface area contributed by atoms with Gasteiger partial charge in [0.2, 0.25) is 0 Å².